The number of nitrogens with one attached hydrogen (secondary N) is 1. The molecule has 0 radical (unpaired) electrons. The Labute approximate surface area is 157 Å². The van der Waals surface area contributed by atoms with Gasteiger partial charge in [-0.05, 0) is 18.6 Å². The Hall–Kier alpha value is -2.68. The topological polar surface area (TPSA) is 90.9 Å². The fourth-order valence-corrected chi connectivity index (χ4v) is 3.49. The summed E-state index contributed by atoms with van der Waals surface area (Å²) in [6.45, 7) is 1.81. The van der Waals surface area contributed by atoms with Crippen LogP contribution in [0, 0.1) is 0 Å². The third-order valence-electron chi connectivity index (χ3n) is 4.28. The number of hydrogen-bond donors (Lipinski definition) is 1. The summed E-state index contributed by atoms with van der Waals surface area (Å²) in [7, 11) is 2.94. The summed E-state index contributed by atoms with van der Waals surface area (Å²) < 4.78 is 4.65. The second kappa shape index (κ2) is 6.91. The average molecular weight is 420 g/mol. The normalized spacial score (nSPS) is 12.3. The molecule has 0 aliphatic carbocycles. The molecule has 0 saturated heterocycles. The standard InChI is InChI=1S/C17H18BrN5O3/c1-10(11-6-4-5-7-12(11)18)20-13(24)8-23-9-19-15-14(23)16(25)22(3)17(26)21(15)2/h4-7,9-10H,8H2,1-3H3,(H,20,24). The number of nitrogens with zero attached hydrogens (tertiary/aromatic N) is 4. The molecule has 8 nitrogen and oxygen atoms in total. The first kappa shape index (κ1) is 18.1. The molecule has 1 unspecified atom stereocenters. The lowest BCUT2D eigenvalue weighted by molar-refractivity contribution is -0.122. The number of fused-ring (bicyclic) bond motifs is 1. The molecule has 1 N–H and O–H groups in total. The van der Waals surface area contributed by atoms with E-state index in [-0.39, 0.29) is 29.7 Å². The van der Waals surface area contributed by atoms with Gasteiger partial charge < -0.3 is 9.88 Å². The number of aromatic nitrogens is 4. The van der Waals surface area contributed by atoms with Crippen LogP contribution in [0.1, 0.15) is 18.5 Å². The van der Waals surface area contributed by atoms with Crippen molar-refractivity contribution >= 4 is 33.0 Å². The molecule has 2 heterocycles. The van der Waals surface area contributed by atoms with Crippen molar-refractivity contribution in [1.82, 2.24) is 24.0 Å². The predicted molar refractivity (Wildman–Crippen MR) is 101 cm³/mol. The smallest absolute Gasteiger partial charge is 0.332 e. The average Bonchev–Trinajstić information content (AvgIpc) is 3.01. The maximum atomic E-state index is 12.4. The highest BCUT2D eigenvalue weighted by Crippen LogP contribution is 2.22. The second-order valence-corrected chi connectivity index (χ2v) is 6.92. The van der Waals surface area contributed by atoms with Crippen LogP contribution in [-0.2, 0) is 25.4 Å². The van der Waals surface area contributed by atoms with Gasteiger partial charge in [0.2, 0.25) is 5.91 Å². The van der Waals surface area contributed by atoms with E-state index >= 15 is 0 Å². The van der Waals surface area contributed by atoms with Crippen molar-refractivity contribution < 1.29 is 4.79 Å². The van der Waals surface area contributed by atoms with E-state index < -0.39 is 11.2 Å². The molecule has 9 heteroatoms. The zero-order valence-electron chi connectivity index (χ0n) is 14.6. The first-order valence-corrected chi connectivity index (χ1v) is 8.75. The van der Waals surface area contributed by atoms with Gasteiger partial charge in [0.1, 0.15) is 6.54 Å². The Bertz CT molecular complexity index is 1110. The number of benzene rings is 1. The third kappa shape index (κ3) is 3.10. The highest BCUT2D eigenvalue weighted by molar-refractivity contribution is 9.10. The van der Waals surface area contributed by atoms with Crippen LogP contribution >= 0.6 is 15.9 Å². The van der Waals surface area contributed by atoms with E-state index in [0.717, 1.165) is 14.6 Å². The molecule has 0 saturated carbocycles. The van der Waals surface area contributed by atoms with E-state index in [1.807, 2.05) is 31.2 Å². The largest absolute Gasteiger partial charge is 0.348 e. The van der Waals surface area contributed by atoms with Gasteiger partial charge in [0.05, 0.1) is 12.4 Å². The molecular weight excluding hydrogens is 402 g/mol. The highest BCUT2D eigenvalue weighted by Gasteiger charge is 2.17. The molecule has 1 amide bonds. The molecule has 136 valence electrons. The maximum absolute atomic E-state index is 12.4. The Morgan fingerprint density at radius 1 is 1.23 bits per heavy atom. The van der Waals surface area contributed by atoms with Crippen molar-refractivity contribution in [2.75, 3.05) is 0 Å². The van der Waals surface area contributed by atoms with Gasteiger partial charge in [0.15, 0.2) is 11.2 Å². The number of carbonyl (C=O) groups is 1. The molecule has 0 aliphatic heterocycles. The summed E-state index contributed by atoms with van der Waals surface area (Å²) in [5, 5.41) is 2.91. The molecule has 1 aromatic carbocycles. The fourth-order valence-electron chi connectivity index (χ4n) is 2.86. The van der Waals surface area contributed by atoms with Crippen LogP contribution in [-0.4, -0.2) is 24.6 Å². The van der Waals surface area contributed by atoms with Gasteiger partial charge in [0.25, 0.3) is 5.56 Å². The minimum Gasteiger partial charge on any atom is -0.348 e. The lowest BCUT2D eigenvalue weighted by Gasteiger charge is -2.16. The van der Waals surface area contributed by atoms with Gasteiger partial charge in [0, 0.05) is 18.6 Å². The SMILES string of the molecule is CC(NC(=O)Cn1cnc2c1c(=O)n(C)c(=O)n2C)c1ccccc1Br. The van der Waals surface area contributed by atoms with Crippen LogP contribution in [0.15, 0.2) is 44.7 Å². The van der Waals surface area contributed by atoms with Crippen molar-refractivity contribution in [3.05, 3.63) is 61.5 Å². The van der Waals surface area contributed by atoms with Crippen molar-refractivity contribution in [3.8, 4) is 0 Å². The molecule has 2 aromatic heterocycles. The quantitative estimate of drug-likeness (QED) is 0.684. The molecule has 1 atom stereocenters. The van der Waals surface area contributed by atoms with E-state index in [1.165, 1.54) is 29.6 Å². The van der Waals surface area contributed by atoms with Crippen molar-refractivity contribution in [2.24, 2.45) is 14.1 Å². The molecule has 0 fully saturated rings. The number of carbonyl (C=O) groups excluding carboxylic acids is 1. The number of amides is 1. The molecular formula is C17H18BrN5O3. The number of aryl methyl sites for hydroxylation is 1. The van der Waals surface area contributed by atoms with Crippen LogP contribution in [0.25, 0.3) is 11.2 Å². The lowest BCUT2D eigenvalue weighted by atomic mass is 10.1. The molecule has 0 aliphatic rings. The van der Waals surface area contributed by atoms with Gasteiger partial charge >= 0.3 is 5.69 Å². The number of rotatable bonds is 4. The number of imidazole rings is 1. The zero-order valence-corrected chi connectivity index (χ0v) is 16.1. The summed E-state index contributed by atoms with van der Waals surface area (Å²) in [6.07, 6.45) is 1.40. The van der Waals surface area contributed by atoms with Crippen molar-refractivity contribution in [1.29, 1.82) is 0 Å². The van der Waals surface area contributed by atoms with Gasteiger partial charge in [-0.15, -0.1) is 0 Å². The molecule has 3 rings (SSSR count). The second-order valence-electron chi connectivity index (χ2n) is 6.06. The Balaban J connectivity index is 1.88. The highest BCUT2D eigenvalue weighted by atomic mass is 79.9. The summed E-state index contributed by atoms with van der Waals surface area (Å²) >= 11 is 3.47. The van der Waals surface area contributed by atoms with Crippen molar-refractivity contribution in [2.45, 2.75) is 19.5 Å². The zero-order chi connectivity index (χ0) is 19.0. The van der Waals surface area contributed by atoms with Crippen LogP contribution in [0.4, 0.5) is 0 Å². The summed E-state index contributed by atoms with van der Waals surface area (Å²) in [4.78, 5) is 40.9. The molecule has 26 heavy (non-hydrogen) atoms. The summed E-state index contributed by atoms with van der Waals surface area (Å²) in [6, 6.07) is 7.43. The first-order chi connectivity index (χ1) is 12.3. The minimum absolute atomic E-state index is 0.0707. The molecule has 0 bridgehead atoms. The van der Waals surface area contributed by atoms with E-state index in [2.05, 4.69) is 26.2 Å². The number of hydrogen-bond acceptors (Lipinski definition) is 4. The Morgan fingerprint density at radius 2 is 1.92 bits per heavy atom. The van der Waals surface area contributed by atoms with Gasteiger partial charge in [-0.25, -0.2) is 9.78 Å². The van der Waals surface area contributed by atoms with Crippen LogP contribution in [0.2, 0.25) is 0 Å². The van der Waals surface area contributed by atoms with E-state index in [4.69, 9.17) is 0 Å². The fraction of sp³-hybridized carbons (Fsp3) is 0.294. The third-order valence-corrected chi connectivity index (χ3v) is 5.00. The monoisotopic (exact) mass is 419 g/mol. The summed E-state index contributed by atoms with van der Waals surface area (Å²) in [5.41, 5.74) is 0.490. The van der Waals surface area contributed by atoms with Gasteiger partial charge in [-0.1, -0.05) is 34.1 Å². The lowest BCUT2D eigenvalue weighted by Crippen LogP contribution is -2.38. The van der Waals surface area contributed by atoms with E-state index in [9.17, 15) is 14.4 Å². The van der Waals surface area contributed by atoms with Gasteiger partial charge in [-0.2, -0.15) is 0 Å². The van der Waals surface area contributed by atoms with Crippen molar-refractivity contribution in [3.63, 3.8) is 0 Å². The molecule has 0 spiro atoms. The minimum atomic E-state index is -0.479. The van der Waals surface area contributed by atoms with E-state index in [1.54, 1.807) is 0 Å². The van der Waals surface area contributed by atoms with Gasteiger partial charge in [-0.3, -0.25) is 18.7 Å². The number of halogens is 1. The summed E-state index contributed by atoms with van der Waals surface area (Å²) in [5.74, 6) is -0.261. The predicted octanol–water partition coefficient (Wildman–Crippen LogP) is 1.07. The Kier molecular flexibility index (Phi) is 4.82. The van der Waals surface area contributed by atoms with E-state index in [0.29, 0.717) is 0 Å². The maximum Gasteiger partial charge on any atom is 0.332 e. The van der Waals surface area contributed by atoms with Crippen LogP contribution in [0.5, 0.6) is 0 Å². The van der Waals surface area contributed by atoms with Crippen LogP contribution < -0.4 is 16.6 Å². The Morgan fingerprint density at radius 3 is 2.62 bits per heavy atom. The molecule has 3 aromatic rings. The van der Waals surface area contributed by atoms with Crippen LogP contribution in [0.3, 0.4) is 0 Å². The first-order valence-electron chi connectivity index (χ1n) is 7.96.